The SMILES string of the molecule is O=C1O/C(=C\Cn2cnc3c(Cl)c(F)nc(F)c32)C(O)=C1O. The average Bonchev–Trinajstić information content (AvgIpc) is 3.00. The third-order valence-corrected chi connectivity index (χ3v) is 3.28. The van der Waals surface area contributed by atoms with Gasteiger partial charge in [0.25, 0.3) is 0 Å². The van der Waals surface area contributed by atoms with Crippen molar-refractivity contribution in [1.29, 1.82) is 0 Å². The number of hydrogen-bond donors (Lipinski definition) is 2. The summed E-state index contributed by atoms with van der Waals surface area (Å²) in [4.78, 5) is 17.8. The van der Waals surface area contributed by atoms with Gasteiger partial charge in [-0.1, -0.05) is 11.6 Å². The third kappa shape index (κ3) is 2.06. The predicted molar refractivity (Wildman–Crippen MR) is 68.9 cm³/mol. The fourth-order valence-electron chi connectivity index (χ4n) is 1.91. The Morgan fingerprint density at radius 3 is 2.68 bits per heavy atom. The molecular formula is C12H6ClF2N3O4. The lowest BCUT2D eigenvalue weighted by Gasteiger charge is -2.03. The number of allylic oxidation sites excluding steroid dienone is 1. The van der Waals surface area contributed by atoms with Crippen molar-refractivity contribution >= 4 is 28.6 Å². The van der Waals surface area contributed by atoms with Crippen molar-refractivity contribution in [2.75, 3.05) is 0 Å². The van der Waals surface area contributed by atoms with Crippen LogP contribution in [0.2, 0.25) is 5.02 Å². The van der Waals surface area contributed by atoms with Gasteiger partial charge in [-0.2, -0.15) is 13.8 Å². The number of pyridine rings is 1. The van der Waals surface area contributed by atoms with E-state index < -0.39 is 34.4 Å². The number of ether oxygens (including phenoxy) is 1. The minimum atomic E-state index is -1.18. The van der Waals surface area contributed by atoms with Crippen LogP contribution in [0.1, 0.15) is 0 Å². The second-order valence-corrected chi connectivity index (χ2v) is 4.63. The molecule has 2 aromatic rings. The van der Waals surface area contributed by atoms with Crippen LogP contribution in [0.15, 0.2) is 29.7 Å². The first-order valence-electron chi connectivity index (χ1n) is 5.80. The van der Waals surface area contributed by atoms with E-state index in [0.717, 1.165) is 0 Å². The number of cyclic esters (lactones) is 1. The topological polar surface area (TPSA) is 97.5 Å². The fraction of sp³-hybridized carbons (Fsp3) is 0.0833. The normalized spacial score (nSPS) is 16.9. The molecule has 1 aliphatic heterocycles. The maximum absolute atomic E-state index is 13.7. The van der Waals surface area contributed by atoms with E-state index in [1.54, 1.807) is 0 Å². The van der Waals surface area contributed by atoms with Crippen LogP contribution in [-0.4, -0.2) is 30.7 Å². The summed E-state index contributed by atoms with van der Waals surface area (Å²) >= 11 is 5.65. The first-order valence-corrected chi connectivity index (χ1v) is 6.18. The first-order chi connectivity index (χ1) is 10.4. The number of nitrogens with zero attached hydrogens (tertiary/aromatic N) is 3. The lowest BCUT2D eigenvalue weighted by molar-refractivity contribution is -0.135. The molecule has 114 valence electrons. The standard InChI is InChI=1S/C12H6ClF2N3O4/c13-5-6-7(11(15)17-10(5)14)18(3-16-6)2-1-4-8(19)9(20)12(21)22-4/h1,3,19-20H,2H2/b4-1-. The molecule has 0 spiro atoms. The quantitative estimate of drug-likeness (QED) is 0.647. The van der Waals surface area contributed by atoms with Gasteiger partial charge in [-0.15, -0.1) is 0 Å². The summed E-state index contributed by atoms with van der Waals surface area (Å²) in [7, 11) is 0. The lowest BCUT2D eigenvalue weighted by atomic mass is 10.3. The molecule has 3 rings (SSSR count). The summed E-state index contributed by atoms with van der Waals surface area (Å²) in [6.07, 6.45) is 2.38. The van der Waals surface area contributed by atoms with Crippen LogP contribution in [0.5, 0.6) is 0 Å². The predicted octanol–water partition coefficient (Wildman–Crippen LogP) is 2.13. The van der Waals surface area contributed by atoms with Crippen LogP contribution < -0.4 is 0 Å². The number of aromatic nitrogens is 3. The van der Waals surface area contributed by atoms with Crippen molar-refractivity contribution in [2.45, 2.75) is 6.54 Å². The Kier molecular flexibility index (Phi) is 3.21. The Morgan fingerprint density at radius 1 is 1.32 bits per heavy atom. The van der Waals surface area contributed by atoms with Crippen molar-refractivity contribution in [2.24, 2.45) is 0 Å². The molecule has 0 radical (unpaired) electrons. The summed E-state index contributed by atoms with van der Waals surface area (Å²) in [6, 6.07) is 0. The average molecular weight is 330 g/mol. The second-order valence-electron chi connectivity index (χ2n) is 4.26. The Balaban J connectivity index is 2.00. The first kappa shape index (κ1) is 14.3. The summed E-state index contributed by atoms with van der Waals surface area (Å²) < 4.78 is 32.8. The lowest BCUT2D eigenvalue weighted by Crippen LogP contribution is -2.01. The van der Waals surface area contributed by atoms with E-state index in [1.165, 1.54) is 17.0 Å². The van der Waals surface area contributed by atoms with Crippen LogP contribution in [-0.2, 0) is 16.1 Å². The molecule has 0 saturated heterocycles. The smallest absolute Gasteiger partial charge is 0.383 e. The number of carbonyl (C=O) groups excluding carboxylic acids is 1. The second kappa shape index (κ2) is 4.95. The van der Waals surface area contributed by atoms with E-state index >= 15 is 0 Å². The van der Waals surface area contributed by atoms with Gasteiger partial charge in [-0.3, -0.25) is 0 Å². The summed E-state index contributed by atoms with van der Waals surface area (Å²) in [5.41, 5.74) is -0.267. The Labute approximate surface area is 125 Å². The van der Waals surface area contributed by atoms with Gasteiger partial charge in [0, 0.05) is 6.54 Å². The largest absolute Gasteiger partial charge is 0.502 e. The van der Waals surface area contributed by atoms with Crippen LogP contribution in [0.3, 0.4) is 0 Å². The van der Waals surface area contributed by atoms with Gasteiger partial charge in [0.05, 0.1) is 6.33 Å². The number of esters is 1. The number of aliphatic hydroxyl groups is 2. The van der Waals surface area contributed by atoms with Crippen molar-refractivity contribution < 1.29 is 28.5 Å². The zero-order valence-corrected chi connectivity index (χ0v) is 11.3. The van der Waals surface area contributed by atoms with Crippen molar-refractivity contribution in [1.82, 2.24) is 14.5 Å². The molecule has 3 heterocycles. The highest BCUT2D eigenvalue weighted by Crippen LogP contribution is 2.26. The summed E-state index contributed by atoms with van der Waals surface area (Å²) in [5.74, 6) is -5.32. The van der Waals surface area contributed by atoms with Gasteiger partial charge in [-0.25, -0.2) is 9.78 Å². The van der Waals surface area contributed by atoms with Crippen LogP contribution in [0.25, 0.3) is 11.0 Å². The van der Waals surface area contributed by atoms with E-state index in [0.29, 0.717) is 0 Å². The Bertz CT molecular complexity index is 875. The molecule has 2 aromatic heterocycles. The zero-order chi connectivity index (χ0) is 16.0. The summed E-state index contributed by atoms with van der Waals surface area (Å²) in [5, 5.41) is 18.2. The number of hydrogen-bond acceptors (Lipinski definition) is 6. The third-order valence-electron chi connectivity index (χ3n) is 2.95. The zero-order valence-electron chi connectivity index (χ0n) is 10.5. The molecule has 2 N–H and O–H groups in total. The molecule has 0 saturated carbocycles. The molecule has 0 bridgehead atoms. The molecule has 0 unspecified atom stereocenters. The number of rotatable bonds is 2. The van der Waals surface area contributed by atoms with E-state index in [2.05, 4.69) is 14.7 Å². The molecular weight excluding hydrogens is 324 g/mol. The fourth-order valence-corrected chi connectivity index (χ4v) is 2.09. The summed E-state index contributed by atoms with van der Waals surface area (Å²) in [6.45, 7) is -0.100. The minimum Gasteiger partial charge on any atom is -0.502 e. The molecule has 0 fully saturated rings. The van der Waals surface area contributed by atoms with Crippen molar-refractivity contribution in [3.8, 4) is 0 Å². The number of halogens is 3. The van der Waals surface area contributed by atoms with Crippen LogP contribution in [0.4, 0.5) is 8.78 Å². The van der Waals surface area contributed by atoms with Gasteiger partial charge < -0.3 is 19.5 Å². The molecule has 0 amide bonds. The Hall–Kier alpha value is -2.68. The molecule has 0 aromatic carbocycles. The Morgan fingerprint density at radius 2 is 2.05 bits per heavy atom. The molecule has 0 aliphatic carbocycles. The van der Waals surface area contributed by atoms with E-state index in [9.17, 15) is 18.7 Å². The maximum Gasteiger partial charge on any atom is 0.383 e. The van der Waals surface area contributed by atoms with Crippen LogP contribution >= 0.6 is 11.6 Å². The van der Waals surface area contributed by atoms with E-state index in [1.807, 2.05) is 0 Å². The highest BCUT2D eigenvalue weighted by Gasteiger charge is 2.29. The number of aliphatic hydroxyl groups excluding tert-OH is 2. The number of fused-ring (bicyclic) bond motifs is 1. The van der Waals surface area contributed by atoms with Gasteiger partial charge in [0.2, 0.25) is 23.4 Å². The van der Waals surface area contributed by atoms with Gasteiger partial charge >= 0.3 is 5.97 Å². The van der Waals surface area contributed by atoms with Gasteiger partial charge in [0.1, 0.15) is 16.1 Å². The number of imidazole rings is 1. The van der Waals surface area contributed by atoms with E-state index in [-0.39, 0.29) is 23.3 Å². The molecule has 7 nitrogen and oxygen atoms in total. The highest BCUT2D eigenvalue weighted by molar-refractivity contribution is 6.34. The van der Waals surface area contributed by atoms with Crippen LogP contribution in [0, 0.1) is 11.9 Å². The van der Waals surface area contributed by atoms with E-state index in [4.69, 9.17) is 16.7 Å². The minimum absolute atomic E-state index is 0.100. The molecule has 1 aliphatic rings. The van der Waals surface area contributed by atoms with Gasteiger partial charge in [0.15, 0.2) is 5.76 Å². The van der Waals surface area contributed by atoms with Crippen molar-refractivity contribution in [3.63, 3.8) is 0 Å². The van der Waals surface area contributed by atoms with Crippen molar-refractivity contribution in [3.05, 3.63) is 46.6 Å². The molecule has 0 atom stereocenters. The van der Waals surface area contributed by atoms with Gasteiger partial charge in [-0.05, 0) is 6.08 Å². The highest BCUT2D eigenvalue weighted by atomic mass is 35.5. The molecule has 22 heavy (non-hydrogen) atoms. The maximum atomic E-state index is 13.7. The number of carbonyl (C=O) groups is 1. The molecule has 10 heteroatoms. The monoisotopic (exact) mass is 329 g/mol.